The van der Waals surface area contributed by atoms with Crippen molar-refractivity contribution in [1.29, 1.82) is 5.26 Å². The Labute approximate surface area is 155 Å². The summed E-state index contributed by atoms with van der Waals surface area (Å²) < 4.78 is 0. The molecule has 4 rings (SSSR count). The van der Waals surface area contributed by atoms with E-state index in [1.54, 1.807) is 0 Å². The number of likely N-dealkylation sites (tertiary alicyclic amines) is 1. The molecule has 26 heavy (non-hydrogen) atoms. The molecule has 5 atom stereocenters. The van der Waals surface area contributed by atoms with Crippen molar-refractivity contribution in [2.24, 2.45) is 23.7 Å². The Kier molecular flexibility index (Phi) is 4.03. The molecule has 0 spiro atoms. The molecule has 1 saturated heterocycles. The Morgan fingerprint density at radius 3 is 2.42 bits per heavy atom. The van der Waals surface area contributed by atoms with Crippen LogP contribution in [0.2, 0.25) is 0 Å². The lowest BCUT2D eigenvalue weighted by atomic mass is 9.85. The van der Waals surface area contributed by atoms with Crippen molar-refractivity contribution in [3.05, 3.63) is 28.2 Å². The van der Waals surface area contributed by atoms with Crippen LogP contribution in [-0.2, 0) is 14.4 Å². The van der Waals surface area contributed by atoms with Crippen LogP contribution >= 0.6 is 11.3 Å². The second-order valence-corrected chi connectivity index (χ2v) is 8.45. The number of fused-ring (bicyclic) bond motifs is 5. The van der Waals surface area contributed by atoms with Crippen LogP contribution in [0.25, 0.3) is 0 Å². The molecule has 0 N–H and O–H groups in total. The van der Waals surface area contributed by atoms with E-state index in [9.17, 15) is 19.6 Å². The molecule has 0 radical (unpaired) electrons. The van der Waals surface area contributed by atoms with Crippen LogP contribution in [0.15, 0.2) is 17.5 Å². The van der Waals surface area contributed by atoms with Crippen LogP contribution in [0.3, 0.4) is 0 Å². The molecule has 2 bridgehead atoms. The minimum Gasteiger partial charge on any atom is -0.296 e. The summed E-state index contributed by atoms with van der Waals surface area (Å²) in [6.45, 7) is 3.65. The van der Waals surface area contributed by atoms with Crippen LogP contribution in [0, 0.1) is 35.0 Å². The minimum atomic E-state index is -1.04. The summed E-state index contributed by atoms with van der Waals surface area (Å²) in [5, 5.41) is 11.7. The average Bonchev–Trinajstić information content (AvgIpc) is 3.36. The fourth-order valence-electron chi connectivity index (χ4n) is 4.33. The van der Waals surface area contributed by atoms with E-state index in [1.165, 1.54) is 11.3 Å². The number of ketones is 1. The zero-order valence-electron chi connectivity index (χ0n) is 14.6. The fourth-order valence-corrected chi connectivity index (χ4v) is 5.38. The average molecular weight is 369 g/mol. The van der Waals surface area contributed by atoms with Gasteiger partial charge in [0.25, 0.3) is 0 Å². The van der Waals surface area contributed by atoms with Crippen molar-refractivity contribution in [2.45, 2.75) is 32.1 Å². The van der Waals surface area contributed by atoms with Crippen molar-refractivity contribution < 1.29 is 14.4 Å². The van der Waals surface area contributed by atoms with Crippen molar-refractivity contribution in [3.8, 4) is 6.07 Å². The number of amides is 2. The van der Waals surface area contributed by atoms with E-state index in [0.717, 1.165) is 17.0 Å². The molecule has 1 aromatic heterocycles. The molecule has 1 aliphatic heterocycles. The van der Waals surface area contributed by atoms with Gasteiger partial charge in [-0.3, -0.25) is 19.3 Å². The van der Waals surface area contributed by atoms with Gasteiger partial charge in [0.2, 0.25) is 11.8 Å². The number of carbonyl (C=O) groups excluding carboxylic acids is 3. The van der Waals surface area contributed by atoms with E-state index in [2.05, 4.69) is 4.98 Å². The maximum absolute atomic E-state index is 12.7. The van der Waals surface area contributed by atoms with Crippen molar-refractivity contribution in [1.82, 2.24) is 9.88 Å². The SMILES string of the molecule is CC(C)c1csc([C@H](C#N)C(=O)CN2C(=O)[C@@H]3[C@@H](C2=O)[C@H]2C=C[C@H]3C2)n1. The molecule has 7 heteroatoms. The summed E-state index contributed by atoms with van der Waals surface area (Å²) in [4.78, 5) is 43.5. The number of hydrogen-bond donors (Lipinski definition) is 0. The second-order valence-electron chi connectivity index (χ2n) is 7.56. The highest BCUT2D eigenvalue weighted by atomic mass is 32.1. The van der Waals surface area contributed by atoms with Crippen LogP contribution in [0.4, 0.5) is 0 Å². The summed E-state index contributed by atoms with van der Waals surface area (Å²) in [6.07, 6.45) is 4.89. The first-order valence-electron chi connectivity index (χ1n) is 8.83. The van der Waals surface area contributed by atoms with E-state index in [4.69, 9.17) is 0 Å². The Balaban J connectivity index is 1.51. The Morgan fingerprint density at radius 2 is 1.92 bits per heavy atom. The van der Waals surface area contributed by atoms with Gasteiger partial charge < -0.3 is 0 Å². The highest BCUT2D eigenvalue weighted by Crippen LogP contribution is 2.52. The fraction of sp³-hybridized carbons (Fsp3) is 0.526. The number of thiazole rings is 1. The molecule has 2 aliphatic carbocycles. The third-order valence-corrected chi connectivity index (χ3v) is 6.63. The number of allylic oxidation sites excluding steroid dienone is 2. The van der Waals surface area contributed by atoms with E-state index in [0.29, 0.717) is 5.01 Å². The van der Waals surface area contributed by atoms with E-state index >= 15 is 0 Å². The van der Waals surface area contributed by atoms with Gasteiger partial charge >= 0.3 is 0 Å². The Morgan fingerprint density at radius 1 is 1.31 bits per heavy atom. The van der Waals surface area contributed by atoms with Gasteiger partial charge in [0.15, 0.2) is 11.7 Å². The highest BCUT2D eigenvalue weighted by molar-refractivity contribution is 7.10. The topological polar surface area (TPSA) is 91.1 Å². The van der Waals surface area contributed by atoms with E-state index < -0.39 is 11.7 Å². The van der Waals surface area contributed by atoms with Crippen LogP contribution in [0.5, 0.6) is 0 Å². The molecular formula is C19H19N3O3S. The van der Waals surface area contributed by atoms with Gasteiger partial charge in [-0.15, -0.1) is 11.3 Å². The van der Waals surface area contributed by atoms with Gasteiger partial charge in [-0.2, -0.15) is 5.26 Å². The molecule has 2 amide bonds. The van der Waals surface area contributed by atoms with Crippen LogP contribution in [0.1, 0.15) is 42.8 Å². The molecular weight excluding hydrogens is 350 g/mol. The number of rotatable bonds is 5. The number of nitrogens with zero attached hydrogens (tertiary/aromatic N) is 3. The first-order chi connectivity index (χ1) is 12.4. The largest absolute Gasteiger partial charge is 0.296 e. The lowest BCUT2D eigenvalue weighted by molar-refractivity contribution is -0.144. The number of hydrogen-bond acceptors (Lipinski definition) is 6. The van der Waals surface area contributed by atoms with Crippen LogP contribution < -0.4 is 0 Å². The quantitative estimate of drug-likeness (QED) is 0.586. The van der Waals surface area contributed by atoms with Crippen LogP contribution in [-0.4, -0.2) is 34.0 Å². The number of nitriles is 1. The Bertz CT molecular complexity index is 836. The summed E-state index contributed by atoms with van der Waals surface area (Å²) >= 11 is 1.27. The number of aromatic nitrogens is 1. The monoisotopic (exact) mass is 369 g/mol. The molecule has 0 unspecified atom stereocenters. The van der Waals surface area contributed by atoms with Gasteiger partial charge in [-0.1, -0.05) is 26.0 Å². The molecule has 3 aliphatic rings. The lowest BCUT2D eigenvalue weighted by Gasteiger charge is -2.17. The molecule has 6 nitrogen and oxygen atoms in total. The zero-order chi connectivity index (χ0) is 18.6. The van der Waals surface area contributed by atoms with Crippen molar-refractivity contribution in [2.75, 3.05) is 6.54 Å². The lowest BCUT2D eigenvalue weighted by Crippen LogP contribution is -2.38. The first-order valence-corrected chi connectivity index (χ1v) is 9.71. The number of Topliss-reactive ketones (excluding diaryl/α,β-unsaturated/α-hetero) is 1. The normalized spacial score (nSPS) is 30.2. The second kappa shape index (κ2) is 6.13. The number of imide groups is 1. The maximum atomic E-state index is 12.7. The summed E-state index contributed by atoms with van der Waals surface area (Å²) in [5.41, 5.74) is 0.837. The predicted octanol–water partition coefficient (Wildman–Crippen LogP) is 2.25. The standard InChI is InChI=1S/C19H19N3O3S/c1-9(2)13-8-26-17(21-13)12(6-20)14(23)7-22-18(24)15-10-3-4-11(5-10)16(15)19(22)25/h3-4,8-12,15-16H,5,7H2,1-2H3/t10-,11-,12+,15-,16-/m0/s1. The molecule has 1 aromatic rings. The van der Waals surface area contributed by atoms with Gasteiger partial charge in [0, 0.05) is 5.38 Å². The summed E-state index contributed by atoms with van der Waals surface area (Å²) in [5.74, 6) is -2.22. The van der Waals surface area contributed by atoms with E-state index in [1.807, 2.05) is 37.4 Å². The summed E-state index contributed by atoms with van der Waals surface area (Å²) in [7, 11) is 0. The third kappa shape index (κ3) is 2.43. The van der Waals surface area contributed by atoms with Gasteiger partial charge in [-0.05, 0) is 24.2 Å². The Hall–Kier alpha value is -2.33. The molecule has 1 saturated carbocycles. The molecule has 134 valence electrons. The first kappa shape index (κ1) is 17.1. The minimum absolute atomic E-state index is 0.112. The maximum Gasteiger partial charge on any atom is 0.234 e. The number of carbonyl (C=O) groups is 3. The molecule has 2 fully saturated rings. The van der Waals surface area contributed by atoms with Crippen molar-refractivity contribution in [3.63, 3.8) is 0 Å². The van der Waals surface area contributed by atoms with Gasteiger partial charge in [0.1, 0.15) is 5.01 Å². The predicted molar refractivity (Wildman–Crippen MR) is 94.0 cm³/mol. The highest BCUT2D eigenvalue weighted by Gasteiger charge is 2.59. The van der Waals surface area contributed by atoms with Gasteiger partial charge in [0.05, 0.1) is 30.1 Å². The summed E-state index contributed by atoms with van der Waals surface area (Å²) in [6, 6.07) is 1.99. The molecule has 0 aromatic carbocycles. The zero-order valence-corrected chi connectivity index (χ0v) is 15.4. The van der Waals surface area contributed by atoms with E-state index in [-0.39, 0.29) is 47.9 Å². The third-order valence-electron chi connectivity index (χ3n) is 5.70. The van der Waals surface area contributed by atoms with Crippen molar-refractivity contribution >= 4 is 28.9 Å². The smallest absolute Gasteiger partial charge is 0.234 e. The molecule has 2 heterocycles. The van der Waals surface area contributed by atoms with Gasteiger partial charge in [-0.25, -0.2) is 4.98 Å².